The molecule has 4 nitrogen and oxygen atoms in total. The highest BCUT2D eigenvalue weighted by Gasteiger charge is 2.06. The summed E-state index contributed by atoms with van der Waals surface area (Å²) in [5, 5.41) is 0. The fourth-order valence-electron chi connectivity index (χ4n) is 1.18. The van der Waals surface area contributed by atoms with Crippen molar-refractivity contribution in [1.82, 2.24) is 0 Å². The Bertz CT molecular complexity index is 478. The third kappa shape index (κ3) is 4.59. The monoisotopic (exact) mass is 266 g/mol. The molecule has 0 heterocycles. The summed E-state index contributed by atoms with van der Waals surface area (Å²) in [7, 11) is 0. The molecule has 1 rings (SSSR count). The number of rotatable bonds is 6. The molecule has 0 fully saturated rings. The lowest BCUT2D eigenvalue weighted by atomic mass is 10.2. The summed E-state index contributed by atoms with van der Waals surface area (Å²) in [6, 6.07) is 5.88. The van der Waals surface area contributed by atoms with Gasteiger partial charge in [-0.3, -0.25) is 0 Å². The van der Waals surface area contributed by atoms with Gasteiger partial charge in [-0.15, -0.1) is 11.8 Å². The third-order valence-electron chi connectivity index (χ3n) is 1.86. The van der Waals surface area contributed by atoms with Gasteiger partial charge in [-0.05, 0) is 18.6 Å². The van der Waals surface area contributed by atoms with E-state index in [2.05, 4.69) is 9.98 Å². The van der Waals surface area contributed by atoms with Crippen LogP contribution in [-0.2, 0) is 9.59 Å². The molecule has 17 heavy (non-hydrogen) atoms. The van der Waals surface area contributed by atoms with E-state index in [9.17, 15) is 9.59 Å². The lowest BCUT2D eigenvalue weighted by Crippen LogP contribution is -1.86. The Hall–Kier alpha value is -1.32. The quantitative estimate of drug-likeness (QED) is 0.451. The van der Waals surface area contributed by atoms with Crippen LogP contribution in [0.3, 0.4) is 0 Å². The van der Waals surface area contributed by atoms with E-state index >= 15 is 0 Å². The molecule has 0 N–H and O–H groups in total. The number of nitrogens with zero attached hydrogens (tertiary/aromatic N) is 2. The van der Waals surface area contributed by atoms with Crippen LogP contribution >= 0.6 is 23.5 Å². The number of hydrogen-bond acceptors (Lipinski definition) is 6. The minimum Gasteiger partial charge on any atom is -0.211 e. The van der Waals surface area contributed by atoms with Gasteiger partial charge in [-0.2, -0.15) is 9.98 Å². The maximum Gasteiger partial charge on any atom is 0.235 e. The third-order valence-corrected chi connectivity index (χ3v) is 3.99. The molecule has 0 atom stereocenters. The van der Waals surface area contributed by atoms with E-state index in [1.807, 2.05) is 25.1 Å². The molecule has 6 heteroatoms. The largest absolute Gasteiger partial charge is 0.235 e. The zero-order valence-electron chi connectivity index (χ0n) is 9.17. The van der Waals surface area contributed by atoms with Crippen LogP contribution in [-0.4, -0.2) is 23.9 Å². The van der Waals surface area contributed by atoms with Gasteiger partial charge in [0, 0.05) is 9.79 Å². The van der Waals surface area contributed by atoms with E-state index in [1.165, 1.54) is 35.7 Å². The molecule has 1 aromatic rings. The van der Waals surface area contributed by atoms with Crippen LogP contribution in [0.2, 0.25) is 0 Å². The first-order chi connectivity index (χ1) is 8.29. The highest BCUT2D eigenvalue weighted by molar-refractivity contribution is 8.02. The summed E-state index contributed by atoms with van der Waals surface area (Å²) in [5.41, 5.74) is 1.11. The first-order valence-corrected chi connectivity index (χ1v) is 6.69. The summed E-state index contributed by atoms with van der Waals surface area (Å²) >= 11 is 2.92. The van der Waals surface area contributed by atoms with Gasteiger partial charge >= 0.3 is 0 Å². The van der Waals surface area contributed by atoms with Gasteiger partial charge in [0.1, 0.15) is 11.8 Å². The Balaban J connectivity index is 2.82. The molecule has 0 radical (unpaired) electrons. The molecule has 1 aromatic carbocycles. The second-order valence-corrected chi connectivity index (χ2v) is 4.89. The summed E-state index contributed by atoms with van der Waals surface area (Å²) in [5.74, 6) is 0.691. The van der Waals surface area contributed by atoms with Crippen LogP contribution < -0.4 is 0 Å². The van der Waals surface area contributed by atoms with Crippen LogP contribution in [0.25, 0.3) is 0 Å². The minimum atomic E-state index is 0.345. The summed E-state index contributed by atoms with van der Waals surface area (Å²) < 4.78 is 0. The lowest BCUT2D eigenvalue weighted by molar-refractivity contribution is 0.563. The van der Waals surface area contributed by atoms with Crippen LogP contribution in [0.5, 0.6) is 0 Å². The van der Waals surface area contributed by atoms with Crippen LogP contribution in [0.15, 0.2) is 38.0 Å². The molecule has 0 saturated carbocycles. The molecule has 0 aliphatic heterocycles. The Morgan fingerprint density at radius 3 is 2.41 bits per heavy atom. The number of carbonyl (C=O) groups excluding carboxylic acids is 2. The van der Waals surface area contributed by atoms with Crippen molar-refractivity contribution >= 4 is 35.7 Å². The molecular weight excluding hydrogens is 256 g/mol. The van der Waals surface area contributed by atoms with Gasteiger partial charge in [0.25, 0.3) is 0 Å². The topological polar surface area (TPSA) is 58.9 Å². The van der Waals surface area contributed by atoms with Crippen molar-refractivity contribution in [3.8, 4) is 0 Å². The van der Waals surface area contributed by atoms with Crippen LogP contribution in [0, 0.1) is 6.92 Å². The van der Waals surface area contributed by atoms with Gasteiger partial charge < -0.3 is 0 Å². The van der Waals surface area contributed by atoms with E-state index in [4.69, 9.17) is 0 Å². The molecule has 0 aromatic heterocycles. The smallest absolute Gasteiger partial charge is 0.211 e. The maximum atomic E-state index is 10.0. The van der Waals surface area contributed by atoms with E-state index in [1.54, 1.807) is 0 Å². The van der Waals surface area contributed by atoms with Gasteiger partial charge in [-0.25, -0.2) is 9.59 Å². The lowest BCUT2D eigenvalue weighted by Gasteiger charge is -2.08. The highest BCUT2D eigenvalue weighted by atomic mass is 32.2. The fourth-order valence-corrected chi connectivity index (χ4v) is 3.00. The minimum absolute atomic E-state index is 0.345. The Morgan fingerprint density at radius 1 is 1.12 bits per heavy atom. The van der Waals surface area contributed by atoms with Crippen molar-refractivity contribution in [2.75, 3.05) is 11.8 Å². The Kier molecular flexibility index (Phi) is 6.37. The summed E-state index contributed by atoms with van der Waals surface area (Å²) in [6.45, 7) is 1.99. The van der Waals surface area contributed by atoms with Crippen molar-refractivity contribution < 1.29 is 9.59 Å². The molecule has 0 amide bonds. The van der Waals surface area contributed by atoms with Crippen molar-refractivity contribution in [2.24, 2.45) is 9.98 Å². The molecule has 88 valence electrons. The van der Waals surface area contributed by atoms with Gasteiger partial charge in [-0.1, -0.05) is 23.9 Å². The number of hydrogen-bond donors (Lipinski definition) is 0. The van der Waals surface area contributed by atoms with Crippen LogP contribution in [0.1, 0.15) is 5.56 Å². The first kappa shape index (κ1) is 13.7. The first-order valence-electron chi connectivity index (χ1n) is 4.72. The molecule has 0 aliphatic carbocycles. The van der Waals surface area contributed by atoms with Crippen LogP contribution in [0.4, 0.5) is 0 Å². The second kappa shape index (κ2) is 7.87. The zero-order valence-corrected chi connectivity index (χ0v) is 10.8. The molecule has 0 bridgehead atoms. The molecule has 0 spiro atoms. The molecule has 0 saturated heterocycles. The standard InChI is InChI=1S/C11H10N2O2S2/c1-9-3-2-4-10(16-7-12-5-14)11(9)17-8-13-6-15/h2-4H,7-8H2,1H3. The average Bonchev–Trinajstić information content (AvgIpc) is 2.33. The van der Waals surface area contributed by atoms with Gasteiger partial charge in [0.2, 0.25) is 12.2 Å². The Labute approximate surface area is 108 Å². The Morgan fingerprint density at radius 2 is 1.76 bits per heavy atom. The number of aryl methyl sites for hydroxylation is 1. The average molecular weight is 266 g/mol. The van der Waals surface area contributed by atoms with Crippen molar-refractivity contribution in [3.05, 3.63) is 23.8 Å². The number of benzene rings is 1. The number of isocyanates is 2. The number of aliphatic imine (C=N–C) groups is 2. The fraction of sp³-hybridized carbons (Fsp3) is 0.273. The zero-order chi connectivity index (χ0) is 12.5. The van der Waals surface area contributed by atoms with Crippen molar-refractivity contribution in [2.45, 2.75) is 16.7 Å². The van der Waals surface area contributed by atoms with Gasteiger partial charge in [0.15, 0.2) is 0 Å². The normalized spacial score (nSPS) is 9.24. The summed E-state index contributed by atoms with van der Waals surface area (Å²) in [6.07, 6.45) is 3.01. The predicted octanol–water partition coefficient (Wildman–Crippen LogP) is 2.77. The molecular formula is C11H10N2O2S2. The van der Waals surface area contributed by atoms with E-state index < -0.39 is 0 Å². The highest BCUT2D eigenvalue weighted by Crippen LogP contribution is 2.33. The van der Waals surface area contributed by atoms with E-state index in [-0.39, 0.29) is 0 Å². The molecule has 0 aliphatic rings. The van der Waals surface area contributed by atoms with Crippen molar-refractivity contribution in [1.29, 1.82) is 0 Å². The van der Waals surface area contributed by atoms with E-state index in [0.717, 1.165) is 15.4 Å². The van der Waals surface area contributed by atoms with Crippen molar-refractivity contribution in [3.63, 3.8) is 0 Å². The molecule has 0 unspecified atom stereocenters. The van der Waals surface area contributed by atoms with Gasteiger partial charge in [0.05, 0.1) is 0 Å². The SMILES string of the molecule is Cc1cccc(SCN=C=O)c1SCN=C=O. The number of thioether (sulfide) groups is 2. The second-order valence-electron chi connectivity index (χ2n) is 2.95. The predicted molar refractivity (Wildman–Crippen MR) is 68.9 cm³/mol. The summed E-state index contributed by atoms with van der Waals surface area (Å²) in [4.78, 5) is 29.1. The van der Waals surface area contributed by atoms with E-state index in [0.29, 0.717) is 11.8 Å². The maximum absolute atomic E-state index is 10.0.